The summed E-state index contributed by atoms with van der Waals surface area (Å²) in [6.45, 7) is 4.17. The van der Waals surface area contributed by atoms with Crippen LogP contribution < -0.4 is 10.5 Å². The van der Waals surface area contributed by atoms with Gasteiger partial charge in [0.2, 0.25) is 5.91 Å². The summed E-state index contributed by atoms with van der Waals surface area (Å²) in [4.78, 5) is 38.7. The number of rotatable bonds is 8. The van der Waals surface area contributed by atoms with E-state index in [4.69, 9.17) is 0 Å². The molecule has 1 N–H and O–H groups in total. The first kappa shape index (κ1) is 20.7. The molecule has 1 amide bonds. The fourth-order valence-corrected chi connectivity index (χ4v) is 4.20. The molecule has 0 aliphatic heterocycles. The third-order valence-electron chi connectivity index (χ3n) is 4.87. The van der Waals surface area contributed by atoms with Crippen molar-refractivity contribution in [2.75, 3.05) is 11.4 Å². The van der Waals surface area contributed by atoms with Gasteiger partial charge < -0.3 is 4.98 Å². The number of carbonyl (C=O) groups excluding carboxylic acids is 1. The second kappa shape index (κ2) is 9.49. The van der Waals surface area contributed by atoms with Crippen LogP contribution in [-0.2, 0) is 11.2 Å². The maximum atomic E-state index is 12.9. The summed E-state index contributed by atoms with van der Waals surface area (Å²) in [6.07, 6.45) is 3.11. The molecule has 2 heterocycles. The minimum absolute atomic E-state index is 0.0306. The molecule has 0 unspecified atom stereocenters. The van der Waals surface area contributed by atoms with Crippen molar-refractivity contribution >= 4 is 33.3 Å². The Labute approximate surface area is 183 Å². The first-order valence-corrected chi connectivity index (χ1v) is 10.9. The van der Waals surface area contributed by atoms with E-state index < -0.39 is 0 Å². The molecule has 0 aliphatic rings. The summed E-state index contributed by atoms with van der Waals surface area (Å²) >= 11 is 1.44. The highest BCUT2D eigenvalue weighted by Gasteiger charge is 2.18. The molecule has 0 radical (unpaired) electrons. The van der Waals surface area contributed by atoms with Crippen LogP contribution in [0, 0.1) is 0 Å². The van der Waals surface area contributed by atoms with Crippen LogP contribution in [0.2, 0.25) is 0 Å². The maximum absolute atomic E-state index is 12.9. The molecule has 156 valence electrons. The first-order valence-electron chi connectivity index (χ1n) is 10.1. The monoisotopic (exact) mass is 430 g/mol. The van der Waals surface area contributed by atoms with Crippen molar-refractivity contribution in [3.63, 3.8) is 0 Å². The quantitative estimate of drug-likeness (QED) is 0.415. The van der Waals surface area contributed by atoms with E-state index in [0.29, 0.717) is 47.7 Å². The van der Waals surface area contributed by atoms with Gasteiger partial charge in [-0.2, -0.15) is 0 Å². The first-order chi connectivity index (χ1) is 15.2. The number of aromatic nitrogens is 3. The second-order valence-corrected chi connectivity index (χ2v) is 7.89. The Bertz CT molecular complexity index is 1260. The molecule has 0 atom stereocenters. The van der Waals surface area contributed by atoms with E-state index in [1.54, 1.807) is 17.0 Å². The van der Waals surface area contributed by atoms with Crippen molar-refractivity contribution < 1.29 is 4.79 Å². The summed E-state index contributed by atoms with van der Waals surface area (Å²) in [5, 5.41) is 3.18. The zero-order chi connectivity index (χ0) is 21.6. The zero-order valence-corrected chi connectivity index (χ0v) is 17.8. The van der Waals surface area contributed by atoms with Gasteiger partial charge in [-0.05, 0) is 18.6 Å². The number of anilines is 1. The van der Waals surface area contributed by atoms with Crippen LogP contribution in [0.5, 0.6) is 0 Å². The van der Waals surface area contributed by atoms with E-state index in [1.807, 2.05) is 53.9 Å². The van der Waals surface area contributed by atoms with Gasteiger partial charge in [-0.3, -0.25) is 14.5 Å². The molecule has 7 heteroatoms. The molecule has 0 bridgehead atoms. The number of aryl methyl sites for hydroxylation is 1. The predicted molar refractivity (Wildman–Crippen MR) is 125 cm³/mol. The number of H-pyrrole nitrogens is 1. The maximum Gasteiger partial charge on any atom is 0.258 e. The van der Waals surface area contributed by atoms with E-state index in [1.165, 1.54) is 11.3 Å². The number of carbonyl (C=O) groups is 1. The van der Waals surface area contributed by atoms with Crippen LogP contribution in [0.3, 0.4) is 0 Å². The highest BCUT2D eigenvalue weighted by atomic mass is 32.1. The van der Waals surface area contributed by atoms with Crippen LogP contribution in [0.15, 0.2) is 77.4 Å². The highest BCUT2D eigenvalue weighted by molar-refractivity contribution is 7.14. The van der Waals surface area contributed by atoms with Gasteiger partial charge in [0.15, 0.2) is 5.13 Å². The Hall–Kier alpha value is -3.58. The summed E-state index contributed by atoms with van der Waals surface area (Å²) in [6, 6.07) is 17.1. The number of nitrogens with zero attached hydrogens (tertiary/aromatic N) is 3. The molecule has 31 heavy (non-hydrogen) atoms. The average molecular weight is 431 g/mol. The lowest BCUT2D eigenvalue weighted by atomic mass is 10.2. The molecule has 0 saturated heterocycles. The smallest absolute Gasteiger partial charge is 0.258 e. The SMILES string of the molecule is C=CCN(C(=O)CCCc1nc2ccccc2c(=O)[nH]1)c1nc(-c2ccccc2)cs1. The third-order valence-corrected chi connectivity index (χ3v) is 5.73. The van der Waals surface area contributed by atoms with Crippen LogP contribution in [0.25, 0.3) is 22.2 Å². The van der Waals surface area contributed by atoms with Gasteiger partial charge >= 0.3 is 0 Å². The number of hydrogen-bond donors (Lipinski definition) is 1. The largest absolute Gasteiger partial charge is 0.310 e. The lowest BCUT2D eigenvalue weighted by molar-refractivity contribution is -0.118. The van der Waals surface area contributed by atoms with Crippen LogP contribution in [0.4, 0.5) is 5.13 Å². The van der Waals surface area contributed by atoms with Crippen molar-refractivity contribution in [3.8, 4) is 11.3 Å². The standard InChI is InChI=1S/C24H22N4O2S/c1-2-15-28(24-26-20(16-31-24)17-9-4-3-5-10-17)22(29)14-8-13-21-25-19-12-7-6-11-18(19)23(30)27-21/h2-7,9-12,16H,1,8,13-15H2,(H,25,27,30). The number of amides is 1. The van der Waals surface area contributed by atoms with Gasteiger partial charge in [0.1, 0.15) is 5.82 Å². The Morgan fingerprint density at radius 1 is 1.10 bits per heavy atom. The van der Waals surface area contributed by atoms with Crippen LogP contribution in [0.1, 0.15) is 18.7 Å². The molecule has 0 aliphatic carbocycles. The average Bonchev–Trinajstić information content (AvgIpc) is 3.28. The number of hydrogen-bond acceptors (Lipinski definition) is 5. The van der Waals surface area contributed by atoms with Crippen molar-refractivity contribution in [1.82, 2.24) is 15.0 Å². The van der Waals surface area contributed by atoms with Gasteiger partial charge in [0.25, 0.3) is 5.56 Å². The van der Waals surface area contributed by atoms with E-state index in [0.717, 1.165) is 11.3 Å². The van der Waals surface area contributed by atoms with E-state index in [-0.39, 0.29) is 11.5 Å². The molecule has 0 spiro atoms. The van der Waals surface area contributed by atoms with Crippen LogP contribution >= 0.6 is 11.3 Å². The molecular weight excluding hydrogens is 408 g/mol. The lowest BCUT2D eigenvalue weighted by Gasteiger charge is -2.18. The zero-order valence-electron chi connectivity index (χ0n) is 17.0. The fourth-order valence-electron chi connectivity index (χ4n) is 3.34. The molecule has 4 aromatic rings. The number of benzene rings is 2. The molecule has 0 saturated carbocycles. The van der Waals surface area contributed by atoms with Crippen molar-refractivity contribution in [3.05, 3.63) is 88.8 Å². The fraction of sp³-hybridized carbons (Fsp3) is 0.167. The summed E-state index contributed by atoms with van der Waals surface area (Å²) in [7, 11) is 0. The minimum atomic E-state index is -0.156. The van der Waals surface area contributed by atoms with E-state index >= 15 is 0 Å². The number of thiazole rings is 1. The Morgan fingerprint density at radius 2 is 1.87 bits per heavy atom. The van der Waals surface area contributed by atoms with Crippen molar-refractivity contribution in [2.24, 2.45) is 0 Å². The number of fused-ring (bicyclic) bond motifs is 1. The van der Waals surface area contributed by atoms with Crippen molar-refractivity contribution in [1.29, 1.82) is 0 Å². The molecule has 4 rings (SSSR count). The van der Waals surface area contributed by atoms with E-state index in [9.17, 15) is 9.59 Å². The number of para-hydroxylation sites is 1. The van der Waals surface area contributed by atoms with Gasteiger partial charge in [0.05, 0.1) is 16.6 Å². The normalized spacial score (nSPS) is 10.8. The van der Waals surface area contributed by atoms with Gasteiger partial charge in [-0.1, -0.05) is 48.5 Å². The summed E-state index contributed by atoms with van der Waals surface area (Å²) in [5.74, 6) is 0.560. The molecule has 2 aromatic heterocycles. The Kier molecular flexibility index (Phi) is 6.33. The third kappa shape index (κ3) is 4.78. The molecule has 2 aromatic carbocycles. The molecular formula is C24H22N4O2S. The summed E-state index contributed by atoms with van der Waals surface area (Å²) < 4.78 is 0. The van der Waals surface area contributed by atoms with Gasteiger partial charge in [0, 0.05) is 30.3 Å². The molecule has 0 fully saturated rings. The highest BCUT2D eigenvalue weighted by Crippen LogP contribution is 2.28. The lowest BCUT2D eigenvalue weighted by Crippen LogP contribution is -2.30. The Morgan fingerprint density at radius 3 is 2.68 bits per heavy atom. The molecule has 6 nitrogen and oxygen atoms in total. The number of aromatic amines is 1. The Balaban J connectivity index is 1.43. The van der Waals surface area contributed by atoms with Crippen LogP contribution in [-0.4, -0.2) is 27.4 Å². The summed E-state index contributed by atoms with van der Waals surface area (Å²) in [5.41, 5.74) is 2.37. The predicted octanol–water partition coefficient (Wildman–Crippen LogP) is 4.59. The van der Waals surface area contributed by atoms with Crippen molar-refractivity contribution in [2.45, 2.75) is 19.3 Å². The van der Waals surface area contributed by atoms with Gasteiger partial charge in [-0.15, -0.1) is 17.9 Å². The minimum Gasteiger partial charge on any atom is -0.310 e. The second-order valence-electron chi connectivity index (χ2n) is 7.06. The van der Waals surface area contributed by atoms with E-state index in [2.05, 4.69) is 21.5 Å². The topological polar surface area (TPSA) is 79.0 Å². The number of nitrogens with one attached hydrogen (secondary N) is 1. The van der Waals surface area contributed by atoms with Gasteiger partial charge in [-0.25, -0.2) is 9.97 Å².